The minimum atomic E-state index is -0.168. The lowest BCUT2D eigenvalue weighted by Crippen LogP contribution is -2.34. The van der Waals surface area contributed by atoms with Crippen LogP contribution in [-0.2, 0) is 57.0 Å². The third-order valence-electron chi connectivity index (χ3n) is 11.3. The summed E-state index contributed by atoms with van der Waals surface area (Å²) in [5.74, 6) is -0.343. The molecule has 0 saturated carbocycles. The topological polar surface area (TPSA) is 138 Å². The van der Waals surface area contributed by atoms with Crippen LogP contribution >= 0.6 is 0 Å². The predicted octanol–water partition coefficient (Wildman–Crippen LogP) is 10.2. The van der Waals surface area contributed by atoms with Crippen LogP contribution in [0.5, 0.6) is 0 Å². The molecule has 0 aromatic carbocycles. The Morgan fingerprint density at radius 1 is 0.477 bits per heavy atom. The summed E-state index contributed by atoms with van der Waals surface area (Å²) in [5, 5.41) is 0. The van der Waals surface area contributed by atoms with Gasteiger partial charge in [0.2, 0.25) is 0 Å². The SMILES string of the molecule is CCCCCC/C=C\COC(=O)CCCCCCCOCC(COCCOCCOCCOCCOC(=O)C1CCN(C)CC1)OCCCCCCCC(=O)OC/C=C\CCCCCC. The molecule has 0 aliphatic carbocycles. The summed E-state index contributed by atoms with van der Waals surface area (Å²) in [6, 6.07) is 0. The van der Waals surface area contributed by atoms with Gasteiger partial charge in [-0.05, 0) is 84.3 Å². The first-order valence-corrected chi connectivity index (χ1v) is 25.9. The summed E-state index contributed by atoms with van der Waals surface area (Å²) in [4.78, 5) is 38.5. The van der Waals surface area contributed by atoms with E-state index in [1.807, 2.05) is 12.2 Å². The van der Waals surface area contributed by atoms with E-state index in [2.05, 4.69) is 37.9 Å². The average Bonchev–Trinajstić information content (AvgIpc) is 3.30. The quantitative estimate of drug-likeness (QED) is 0.0248. The van der Waals surface area contributed by atoms with E-state index in [-0.39, 0.29) is 36.5 Å². The molecular weight excluding hydrogens is 831 g/mol. The van der Waals surface area contributed by atoms with Gasteiger partial charge in [0.25, 0.3) is 0 Å². The molecule has 0 spiro atoms. The Balaban J connectivity index is 2.17. The van der Waals surface area contributed by atoms with Crippen molar-refractivity contribution in [2.24, 2.45) is 5.92 Å². The first kappa shape index (κ1) is 60.6. The third-order valence-corrected chi connectivity index (χ3v) is 11.3. The van der Waals surface area contributed by atoms with Crippen molar-refractivity contribution in [2.45, 2.75) is 174 Å². The fourth-order valence-corrected chi connectivity index (χ4v) is 7.13. The number of unbranched alkanes of at least 4 members (excludes halogenated alkanes) is 16. The molecule has 0 aromatic rings. The van der Waals surface area contributed by atoms with E-state index in [0.29, 0.717) is 98.7 Å². The molecule has 0 bridgehead atoms. The molecule has 1 heterocycles. The van der Waals surface area contributed by atoms with Gasteiger partial charge in [0.1, 0.15) is 25.9 Å². The van der Waals surface area contributed by atoms with Crippen LogP contribution < -0.4 is 0 Å². The van der Waals surface area contributed by atoms with E-state index in [1.165, 1.54) is 51.4 Å². The van der Waals surface area contributed by atoms with E-state index < -0.39 is 0 Å². The smallest absolute Gasteiger partial charge is 0.309 e. The summed E-state index contributed by atoms with van der Waals surface area (Å²) in [5.41, 5.74) is 0. The highest BCUT2D eigenvalue weighted by Gasteiger charge is 2.24. The zero-order chi connectivity index (χ0) is 46.9. The van der Waals surface area contributed by atoms with Gasteiger partial charge in [-0.3, -0.25) is 14.4 Å². The van der Waals surface area contributed by atoms with Gasteiger partial charge in [0.15, 0.2) is 0 Å². The summed E-state index contributed by atoms with van der Waals surface area (Å²) >= 11 is 0. The number of carbonyl (C=O) groups excluding carboxylic acids is 3. The molecule has 0 amide bonds. The van der Waals surface area contributed by atoms with Gasteiger partial charge in [-0.15, -0.1) is 0 Å². The highest BCUT2D eigenvalue weighted by Crippen LogP contribution is 2.17. The van der Waals surface area contributed by atoms with Crippen molar-refractivity contribution in [2.75, 3.05) is 113 Å². The molecule has 13 nitrogen and oxygen atoms in total. The second kappa shape index (κ2) is 48.1. The zero-order valence-electron chi connectivity index (χ0n) is 41.6. The van der Waals surface area contributed by atoms with Gasteiger partial charge in [-0.25, -0.2) is 0 Å². The number of piperidine rings is 1. The van der Waals surface area contributed by atoms with E-state index in [0.717, 1.165) is 103 Å². The Hall–Kier alpha value is -2.39. The number of likely N-dealkylation sites (tertiary alicyclic amines) is 1. The molecule has 1 atom stereocenters. The van der Waals surface area contributed by atoms with E-state index in [9.17, 15) is 14.4 Å². The van der Waals surface area contributed by atoms with Gasteiger partial charge in [-0.1, -0.05) is 115 Å². The first-order valence-electron chi connectivity index (χ1n) is 25.9. The number of hydrogen-bond acceptors (Lipinski definition) is 13. The van der Waals surface area contributed by atoms with Crippen molar-refractivity contribution in [3.63, 3.8) is 0 Å². The van der Waals surface area contributed by atoms with Gasteiger partial charge >= 0.3 is 17.9 Å². The maximum absolute atomic E-state index is 12.2. The van der Waals surface area contributed by atoms with Crippen molar-refractivity contribution in [3.8, 4) is 0 Å². The predicted molar refractivity (Wildman–Crippen MR) is 258 cm³/mol. The minimum Gasteiger partial charge on any atom is -0.463 e. The molecule has 1 fully saturated rings. The largest absolute Gasteiger partial charge is 0.463 e. The van der Waals surface area contributed by atoms with Crippen molar-refractivity contribution in [1.82, 2.24) is 4.90 Å². The van der Waals surface area contributed by atoms with Crippen molar-refractivity contribution >= 4 is 17.9 Å². The number of esters is 3. The molecule has 1 aliphatic rings. The highest BCUT2D eigenvalue weighted by atomic mass is 16.6. The Morgan fingerprint density at radius 3 is 1.43 bits per heavy atom. The monoisotopic (exact) mass is 926 g/mol. The fraction of sp³-hybridized carbons (Fsp3) is 0.865. The first-order chi connectivity index (χ1) is 32.0. The molecule has 1 aliphatic heterocycles. The fourth-order valence-electron chi connectivity index (χ4n) is 7.13. The summed E-state index contributed by atoms with van der Waals surface area (Å²) in [7, 11) is 2.07. The molecule has 13 heteroatoms. The summed E-state index contributed by atoms with van der Waals surface area (Å²) in [6.07, 6.45) is 32.5. The maximum Gasteiger partial charge on any atom is 0.309 e. The Kier molecular flexibility index (Phi) is 44.8. The summed E-state index contributed by atoms with van der Waals surface area (Å²) < 4.78 is 50.9. The lowest BCUT2D eigenvalue weighted by atomic mass is 9.97. The van der Waals surface area contributed by atoms with E-state index in [4.69, 9.17) is 42.6 Å². The molecule has 1 saturated heterocycles. The van der Waals surface area contributed by atoms with Crippen LogP contribution in [0.15, 0.2) is 24.3 Å². The van der Waals surface area contributed by atoms with Gasteiger partial charge in [0, 0.05) is 26.1 Å². The normalized spacial score (nSPS) is 14.1. The van der Waals surface area contributed by atoms with E-state index >= 15 is 0 Å². The lowest BCUT2D eigenvalue weighted by Gasteiger charge is -2.27. The van der Waals surface area contributed by atoms with Crippen molar-refractivity contribution in [1.29, 1.82) is 0 Å². The summed E-state index contributed by atoms with van der Waals surface area (Å²) in [6.45, 7) is 12.5. The molecule has 380 valence electrons. The van der Waals surface area contributed by atoms with Crippen LogP contribution in [0.25, 0.3) is 0 Å². The Morgan fingerprint density at radius 2 is 0.908 bits per heavy atom. The number of carbonyl (C=O) groups is 3. The molecule has 1 rings (SSSR count). The van der Waals surface area contributed by atoms with Crippen LogP contribution in [0.1, 0.15) is 168 Å². The van der Waals surface area contributed by atoms with Crippen LogP contribution in [0.3, 0.4) is 0 Å². The molecule has 0 radical (unpaired) electrons. The van der Waals surface area contributed by atoms with E-state index in [1.54, 1.807) is 0 Å². The number of nitrogens with zero attached hydrogens (tertiary/aromatic N) is 1. The van der Waals surface area contributed by atoms with Crippen LogP contribution in [0.4, 0.5) is 0 Å². The zero-order valence-corrected chi connectivity index (χ0v) is 41.6. The molecular formula is C52H95NO12. The van der Waals surface area contributed by atoms with Crippen molar-refractivity contribution in [3.05, 3.63) is 24.3 Å². The van der Waals surface area contributed by atoms with Crippen molar-refractivity contribution < 1.29 is 57.0 Å². The number of allylic oxidation sites excluding steroid dienone is 2. The number of hydrogen-bond donors (Lipinski definition) is 0. The van der Waals surface area contributed by atoms with Gasteiger partial charge in [-0.2, -0.15) is 0 Å². The van der Waals surface area contributed by atoms with Crippen LogP contribution in [0.2, 0.25) is 0 Å². The molecule has 1 unspecified atom stereocenters. The second-order valence-electron chi connectivity index (χ2n) is 17.3. The maximum atomic E-state index is 12.2. The molecule has 0 N–H and O–H groups in total. The minimum absolute atomic E-state index is 0.00520. The van der Waals surface area contributed by atoms with Gasteiger partial charge in [0.05, 0.1) is 65.4 Å². The molecule has 0 aromatic heterocycles. The third kappa shape index (κ3) is 42.7. The van der Waals surface area contributed by atoms with Gasteiger partial charge < -0.3 is 47.5 Å². The lowest BCUT2D eigenvalue weighted by molar-refractivity contribution is -0.151. The average molecular weight is 926 g/mol. The Labute approximate surface area is 395 Å². The second-order valence-corrected chi connectivity index (χ2v) is 17.3. The number of rotatable bonds is 48. The highest BCUT2D eigenvalue weighted by molar-refractivity contribution is 5.72. The molecule has 65 heavy (non-hydrogen) atoms. The van der Waals surface area contributed by atoms with Crippen LogP contribution in [-0.4, -0.2) is 142 Å². The van der Waals surface area contributed by atoms with Crippen LogP contribution in [0, 0.1) is 5.92 Å². The standard InChI is InChI=1S/C52H95NO12/c1-4-6-8-10-12-19-26-36-63-50(54)28-22-16-14-18-24-34-60-46-49(62-35-25-21-15-17-23-29-51(55)64-37-27-20-13-11-9-7-5-2)47-61-43-42-58-39-38-57-40-41-59-44-45-65-52(56)48-30-32-53(3)33-31-48/h19-20,26-27,48-49H,4-18,21-25,28-47H2,1-3H3/b26-19-,27-20-. The number of ether oxygens (including phenoxy) is 9. The Bertz CT molecular complexity index is 1130.